The molecule has 2 aliphatic heterocycles. The lowest BCUT2D eigenvalue weighted by Crippen LogP contribution is -2.61. The fourth-order valence-corrected chi connectivity index (χ4v) is 15.1. The molecule has 0 fully saturated rings. The van der Waals surface area contributed by atoms with Crippen molar-refractivity contribution in [3.05, 3.63) is 289 Å². The number of para-hydroxylation sites is 3. The van der Waals surface area contributed by atoms with Crippen LogP contribution in [0.1, 0.15) is 132 Å². The number of benzene rings is 12. The SMILES string of the molecule is CC(C)(C)c1cc(-c2ccc3c(c2)B2c4ccc5c(c4N(c4c(-c6ccccc6)cccc4-c4ccccc4)c4cc(C(C)(C)C)cc(c42)N3c2c(-c3ccccc3)cccc2-c2ccccc2)c2ccccc2n5-c2cc(C(C)(C)C)cc(C(C)(C)C)c2)cc(C(C)(C)C)c1. The van der Waals surface area contributed by atoms with E-state index in [0.29, 0.717) is 0 Å². The van der Waals surface area contributed by atoms with Crippen LogP contribution in [-0.4, -0.2) is 11.3 Å². The Morgan fingerprint density at radius 3 is 1.10 bits per heavy atom. The van der Waals surface area contributed by atoms with E-state index in [1.165, 1.54) is 117 Å². The Bertz CT molecular complexity index is 4990. The van der Waals surface area contributed by atoms with E-state index in [0.717, 1.165) is 44.8 Å². The van der Waals surface area contributed by atoms with E-state index in [-0.39, 0.29) is 33.8 Å². The average molecular weight is 1250 g/mol. The summed E-state index contributed by atoms with van der Waals surface area (Å²) in [6, 6.07) is 100. The summed E-state index contributed by atoms with van der Waals surface area (Å²) in [7, 11) is 0. The number of nitrogens with zero attached hydrogens (tertiary/aromatic N) is 3. The normalized spacial score (nSPS) is 13.3. The van der Waals surface area contributed by atoms with Gasteiger partial charge in [0.2, 0.25) is 0 Å². The molecule has 3 heterocycles. The smallest absolute Gasteiger partial charge is 0.252 e. The van der Waals surface area contributed by atoms with Crippen LogP contribution < -0.4 is 26.2 Å². The van der Waals surface area contributed by atoms with Gasteiger partial charge in [0, 0.05) is 55.8 Å². The highest BCUT2D eigenvalue weighted by Crippen LogP contribution is 2.56. The second-order valence-corrected chi connectivity index (χ2v) is 32.2. The summed E-state index contributed by atoms with van der Waals surface area (Å²) in [4.78, 5) is 5.47. The van der Waals surface area contributed by atoms with Gasteiger partial charge in [-0.3, -0.25) is 0 Å². The van der Waals surface area contributed by atoms with Gasteiger partial charge in [0.15, 0.2) is 0 Å². The van der Waals surface area contributed by atoms with Crippen LogP contribution in [0.4, 0.5) is 34.1 Å². The van der Waals surface area contributed by atoms with E-state index >= 15 is 0 Å². The lowest BCUT2D eigenvalue weighted by molar-refractivity contribution is 0.567. The first-order valence-electron chi connectivity index (χ1n) is 34.6. The van der Waals surface area contributed by atoms with Crippen LogP contribution in [0, 0.1) is 0 Å². The molecule has 0 spiro atoms. The van der Waals surface area contributed by atoms with Crippen LogP contribution >= 0.6 is 0 Å². The lowest BCUT2D eigenvalue weighted by atomic mass is 9.33. The third-order valence-electron chi connectivity index (χ3n) is 20.5. The molecule has 4 heteroatoms. The van der Waals surface area contributed by atoms with E-state index in [1.807, 2.05) is 0 Å². The topological polar surface area (TPSA) is 11.4 Å². The quantitative estimate of drug-likeness (QED) is 0.141. The Labute approximate surface area is 570 Å². The Morgan fingerprint density at radius 1 is 0.260 bits per heavy atom. The number of fused-ring (bicyclic) bond motifs is 8. The van der Waals surface area contributed by atoms with Gasteiger partial charge in [0.25, 0.3) is 6.71 Å². The first kappa shape index (κ1) is 62.2. The highest BCUT2D eigenvalue weighted by atomic mass is 15.2. The predicted octanol–water partition coefficient (Wildman–Crippen LogP) is 23.7. The van der Waals surface area contributed by atoms with Crippen molar-refractivity contribution in [2.75, 3.05) is 9.80 Å². The molecule has 0 N–H and O–H groups in total. The van der Waals surface area contributed by atoms with Crippen LogP contribution in [-0.2, 0) is 27.1 Å². The Morgan fingerprint density at radius 2 is 0.656 bits per heavy atom. The van der Waals surface area contributed by atoms with Gasteiger partial charge in [-0.25, -0.2) is 0 Å². The van der Waals surface area contributed by atoms with Gasteiger partial charge in [-0.05, 0) is 147 Å². The van der Waals surface area contributed by atoms with Crippen molar-refractivity contribution in [3.8, 4) is 61.3 Å². The van der Waals surface area contributed by atoms with Crippen LogP contribution in [0.2, 0.25) is 0 Å². The Hall–Kier alpha value is -9.90. The van der Waals surface area contributed by atoms with E-state index in [4.69, 9.17) is 0 Å². The maximum atomic E-state index is 2.77. The number of hydrogen-bond acceptors (Lipinski definition) is 2. The molecule has 0 atom stereocenters. The number of hydrogen-bond donors (Lipinski definition) is 0. The molecule has 474 valence electrons. The maximum absolute atomic E-state index is 2.77. The van der Waals surface area contributed by atoms with Crippen molar-refractivity contribution in [2.24, 2.45) is 0 Å². The van der Waals surface area contributed by atoms with Gasteiger partial charge < -0.3 is 14.4 Å². The van der Waals surface area contributed by atoms with Gasteiger partial charge in [-0.1, -0.05) is 322 Å². The number of rotatable bonds is 8. The molecule has 0 amide bonds. The Kier molecular flexibility index (Phi) is 14.9. The van der Waals surface area contributed by atoms with Crippen molar-refractivity contribution >= 4 is 79.0 Å². The summed E-state index contributed by atoms with van der Waals surface area (Å²) < 4.78 is 2.59. The van der Waals surface area contributed by atoms with Crippen molar-refractivity contribution in [1.82, 2.24) is 4.57 Å². The standard InChI is InChI=1S/C92H88BN3/c1-88(2,3)65-50-64(51-66(53-65)89(4,5)6)63-46-48-79-77(52-63)93-76-47-49-80-83(75-40-28-29-45-78(75)94(80)70-55-67(90(7,8)9)54-68(56-70)91(10,11)12)87(76)96(86-73(61-36-24-18-25-37-61)43-31-44-74(86)62-38-26-19-27-39-62)82-58-69(92(13,14)15)57-81(84(82)93)95(79)85-71(59-32-20-16-21-33-59)41-30-42-72(85)60-34-22-17-23-35-60/h16-58H,1-15H3. The zero-order valence-electron chi connectivity index (χ0n) is 58.7. The number of aromatic nitrogens is 1. The van der Waals surface area contributed by atoms with E-state index in [2.05, 4.69) is 379 Å². The molecule has 3 nitrogen and oxygen atoms in total. The number of anilines is 6. The summed E-state index contributed by atoms with van der Waals surface area (Å²) >= 11 is 0. The molecule has 0 radical (unpaired) electrons. The second kappa shape index (κ2) is 22.9. The first-order valence-corrected chi connectivity index (χ1v) is 34.6. The molecule has 15 rings (SSSR count). The van der Waals surface area contributed by atoms with E-state index < -0.39 is 0 Å². The minimum atomic E-state index is -0.293. The molecule has 0 bridgehead atoms. The molecule has 0 unspecified atom stereocenters. The monoisotopic (exact) mass is 1250 g/mol. The van der Waals surface area contributed by atoms with Gasteiger partial charge in [-0.15, -0.1) is 0 Å². The van der Waals surface area contributed by atoms with Crippen LogP contribution in [0.3, 0.4) is 0 Å². The van der Waals surface area contributed by atoms with Crippen LogP contribution in [0.5, 0.6) is 0 Å². The van der Waals surface area contributed by atoms with Gasteiger partial charge in [0.1, 0.15) is 0 Å². The van der Waals surface area contributed by atoms with Crippen molar-refractivity contribution in [2.45, 2.75) is 131 Å². The molecule has 2 aliphatic rings. The molecule has 13 aromatic rings. The highest BCUT2D eigenvalue weighted by Gasteiger charge is 2.47. The Balaban J connectivity index is 1.16. The average Bonchev–Trinajstić information content (AvgIpc) is 1.09. The summed E-state index contributed by atoms with van der Waals surface area (Å²) in [5.74, 6) is 0. The summed E-state index contributed by atoms with van der Waals surface area (Å²) in [5, 5.41) is 2.44. The van der Waals surface area contributed by atoms with Crippen molar-refractivity contribution in [1.29, 1.82) is 0 Å². The highest BCUT2D eigenvalue weighted by molar-refractivity contribution is 7.00. The van der Waals surface area contributed by atoms with Crippen molar-refractivity contribution in [3.63, 3.8) is 0 Å². The van der Waals surface area contributed by atoms with E-state index in [1.54, 1.807) is 0 Å². The minimum Gasteiger partial charge on any atom is -0.310 e. The maximum Gasteiger partial charge on any atom is 0.252 e. The summed E-state index contributed by atoms with van der Waals surface area (Å²) in [6.45, 7) is 35.2. The third kappa shape index (κ3) is 10.7. The summed E-state index contributed by atoms with van der Waals surface area (Å²) in [6.07, 6.45) is 0. The van der Waals surface area contributed by atoms with Gasteiger partial charge in [-0.2, -0.15) is 0 Å². The molecular formula is C92H88BN3. The molecule has 0 saturated carbocycles. The van der Waals surface area contributed by atoms with Gasteiger partial charge in [0.05, 0.1) is 28.1 Å². The van der Waals surface area contributed by atoms with Crippen LogP contribution in [0.25, 0.3) is 83.1 Å². The predicted molar refractivity (Wildman–Crippen MR) is 415 cm³/mol. The fraction of sp³-hybridized carbons (Fsp3) is 0.217. The van der Waals surface area contributed by atoms with Crippen molar-refractivity contribution < 1.29 is 0 Å². The van der Waals surface area contributed by atoms with Gasteiger partial charge >= 0.3 is 0 Å². The zero-order valence-corrected chi connectivity index (χ0v) is 58.7. The molecule has 96 heavy (non-hydrogen) atoms. The lowest BCUT2D eigenvalue weighted by Gasteiger charge is -2.46. The van der Waals surface area contributed by atoms with E-state index in [9.17, 15) is 0 Å². The molecule has 12 aromatic carbocycles. The molecular weight excluding hydrogens is 1160 g/mol. The molecule has 0 saturated heterocycles. The fourth-order valence-electron chi connectivity index (χ4n) is 15.1. The summed E-state index contributed by atoms with van der Waals surface area (Å²) in [5.41, 5.74) is 32.0. The molecule has 0 aliphatic carbocycles. The molecule has 1 aromatic heterocycles. The third-order valence-corrected chi connectivity index (χ3v) is 20.5. The second-order valence-electron chi connectivity index (χ2n) is 32.2. The van der Waals surface area contributed by atoms with Crippen LogP contribution in [0.15, 0.2) is 261 Å². The minimum absolute atomic E-state index is 0.0814. The first-order chi connectivity index (χ1) is 45.8. The largest absolute Gasteiger partial charge is 0.310 e. The zero-order chi connectivity index (χ0) is 67.0.